The number of rotatable bonds is 3. The minimum Gasteiger partial charge on any atom is -0.476 e. The average molecular weight is 257 g/mol. The Morgan fingerprint density at radius 3 is 2.69 bits per heavy atom. The van der Waals surface area contributed by atoms with E-state index in [1.165, 1.54) is 18.3 Å². The number of carboxylic acid groups (broad SMARTS) is 1. The monoisotopic (exact) mass is 257 g/mol. The van der Waals surface area contributed by atoms with Crippen LogP contribution in [0.4, 0.5) is 0 Å². The van der Waals surface area contributed by atoms with Gasteiger partial charge in [-0.1, -0.05) is 0 Å². The molecule has 0 radical (unpaired) electrons. The van der Waals surface area contributed by atoms with Crippen molar-refractivity contribution < 1.29 is 14.7 Å². The van der Waals surface area contributed by atoms with E-state index >= 15 is 0 Å². The van der Waals surface area contributed by atoms with Gasteiger partial charge < -0.3 is 5.11 Å². The molecule has 0 aliphatic carbocycles. The summed E-state index contributed by atoms with van der Waals surface area (Å²) in [6.07, 6.45) is 2.15. The van der Waals surface area contributed by atoms with Crippen molar-refractivity contribution in [3.05, 3.63) is 15.6 Å². The standard InChI is InChI=1S/C10H11NO3S2/c1-5(12)8-7(10(13)14)11-9(16-8)6-3-2-4-15-6/h6H,2-4H2,1H3,(H,13,14). The predicted octanol–water partition coefficient (Wildman–Crippen LogP) is 2.61. The maximum absolute atomic E-state index is 11.3. The molecule has 2 rings (SSSR count). The van der Waals surface area contributed by atoms with Gasteiger partial charge in [0, 0.05) is 6.92 Å². The summed E-state index contributed by atoms with van der Waals surface area (Å²) in [5.74, 6) is -0.248. The summed E-state index contributed by atoms with van der Waals surface area (Å²) < 4.78 is 0. The zero-order chi connectivity index (χ0) is 11.7. The lowest BCUT2D eigenvalue weighted by atomic mass is 10.2. The van der Waals surface area contributed by atoms with Crippen LogP contribution in [0.3, 0.4) is 0 Å². The van der Waals surface area contributed by atoms with E-state index in [9.17, 15) is 9.59 Å². The predicted molar refractivity (Wildman–Crippen MR) is 63.5 cm³/mol. The van der Waals surface area contributed by atoms with E-state index in [4.69, 9.17) is 5.11 Å². The largest absolute Gasteiger partial charge is 0.476 e. The molecule has 4 nitrogen and oxygen atoms in total. The number of carbonyl (C=O) groups excluding carboxylic acids is 1. The van der Waals surface area contributed by atoms with Gasteiger partial charge in [0.15, 0.2) is 11.5 Å². The number of carboxylic acids is 1. The molecule has 1 atom stereocenters. The highest BCUT2D eigenvalue weighted by molar-refractivity contribution is 7.99. The smallest absolute Gasteiger partial charge is 0.356 e. The van der Waals surface area contributed by atoms with Crippen molar-refractivity contribution in [1.29, 1.82) is 0 Å². The highest BCUT2D eigenvalue weighted by Gasteiger charge is 2.26. The molecule has 0 bridgehead atoms. The van der Waals surface area contributed by atoms with Gasteiger partial charge in [-0.05, 0) is 18.6 Å². The number of hydrogen-bond acceptors (Lipinski definition) is 5. The minimum absolute atomic E-state index is 0.0833. The molecule has 16 heavy (non-hydrogen) atoms. The number of nitrogens with zero attached hydrogens (tertiary/aromatic N) is 1. The van der Waals surface area contributed by atoms with Crippen LogP contribution in [-0.4, -0.2) is 27.6 Å². The molecule has 0 spiro atoms. The fourth-order valence-electron chi connectivity index (χ4n) is 1.63. The molecule has 1 saturated heterocycles. The third kappa shape index (κ3) is 2.12. The Labute approximate surface area is 101 Å². The number of aromatic carboxylic acids is 1. The number of aromatic nitrogens is 1. The molecule has 0 saturated carbocycles. The molecule has 6 heteroatoms. The molecule has 0 aromatic carbocycles. The number of thiazole rings is 1. The molecule has 1 aliphatic rings. The van der Waals surface area contributed by atoms with Gasteiger partial charge >= 0.3 is 5.97 Å². The van der Waals surface area contributed by atoms with Crippen molar-refractivity contribution in [3.63, 3.8) is 0 Å². The molecule has 1 aromatic heterocycles. The second kappa shape index (κ2) is 4.55. The van der Waals surface area contributed by atoms with E-state index in [0.29, 0.717) is 0 Å². The molecule has 1 aliphatic heterocycles. The van der Waals surface area contributed by atoms with Crippen LogP contribution >= 0.6 is 23.1 Å². The summed E-state index contributed by atoms with van der Waals surface area (Å²) in [6.45, 7) is 1.38. The van der Waals surface area contributed by atoms with Crippen LogP contribution in [0.25, 0.3) is 0 Å². The van der Waals surface area contributed by atoms with Crippen molar-refractivity contribution in [1.82, 2.24) is 4.98 Å². The molecule has 0 amide bonds. The van der Waals surface area contributed by atoms with Gasteiger partial charge in [0.05, 0.1) is 5.25 Å². The van der Waals surface area contributed by atoms with Gasteiger partial charge in [0.2, 0.25) is 0 Å². The lowest BCUT2D eigenvalue weighted by Gasteiger charge is -2.01. The first kappa shape index (κ1) is 11.6. The van der Waals surface area contributed by atoms with Crippen LogP contribution in [0.5, 0.6) is 0 Å². The first-order valence-corrected chi connectivity index (χ1v) is 6.82. The molecular formula is C10H11NO3S2. The maximum Gasteiger partial charge on any atom is 0.356 e. The van der Waals surface area contributed by atoms with Gasteiger partial charge in [-0.3, -0.25) is 4.79 Å². The second-order valence-electron chi connectivity index (χ2n) is 3.59. The molecule has 1 fully saturated rings. The van der Waals surface area contributed by atoms with Crippen molar-refractivity contribution in [2.75, 3.05) is 5.75 Å². The van der Waals surface area contributed by atoms with E-state index in [0.717, 1.165) is 23.6 Å². The SMILES string of the molecule is CC(=O)c1sc(C2CCCS2)nc1C(=O)O. The van der Waals surface area contributed by atoms with E-state index in [2.05, 4.69) is 4.98 Å². The van der Waals surface area contributed by atoms with Gasteiger partial charge in [-0.25, -0.2) is 9.78 Å². The zero-order valence-corrected chi connectivity index (χ0v) is 10.4. The van der Waals surface area contributed by atoms with Gasteiger partial charge in [0.25, 0.3) is 0 Å². The van der Waals surface area contributed by atoms with Gasteiger partial charge in [0.1, 0.15) is 9.88 Å². The van der Waals surface area contributed by atoms with Gasteiger partial charge in [-0.15, -0.1) is 11.3 Å². The summed E-state index contributed by atoms with van der Waals surface area (Å²) in [5, 5.41) is 10.0. The molecule has 2 heterocycles. The minimum atomic E-state index is -1.12. The Hall–Kier alpha value is -0.880. The Morgan fingerprint density at radius 2 is 2.25 bits per heavy atom. The van der Waals surface area contributed by atoms with Crippen molar-refractivity contribution in [3.8, 4) is 0 Å². The fraction of sp³-hybridized carbons (Fsp3) is 0.500. The van der Waals surface area contributed by atoms with E-state index < -0.39 is 5.97 Å². The van der Waals surface area contributed by atoms with Crippen LogP contribution in [0, 0.1) is 0 Å². The zero-order valence-electron chi connectivity index (χ0n) is 8.73. The highest BCUT2D eigenvalue weighted by Crippen LogP contribution is 2.42. The summed E-state index contributed by atoms with van der Waals surface area (Å²) in [6, 6.07) is 0. The average Bonchev–Trinajstić information content (AvgIpc) is 2.86. The van der Waals surface area contributed by atoms with E-state index in [1.807, 2.05) is 0 Å². The molecule has 86 valence electrons. The summed E-state index contributed by atoms with van der Waals surface area (Å²) in [7, 11) is 0. The molecule has 1 unspecified atom stereocenters. The number of thioether (sulfide) groups is 1. The lowest BCUT2D eigenvalue weighted by Crippen LogP contribution is -2.03. The fourth-order valence-corrected chi connectivity index (χ4v) is 4.09. The van der Waals surface area contributed by atoms with Crippen LogP contribution < -0.4 is 0 Å². The van der Waals surface area contributed by atoms with Crippen LogP contribution in [0.15, 0.2) is 0 Å². The number of hydrogen-bond donors (Lipinski definition) is 1. The van der Waals surface area contributed by atoms with E-state index in [1.54, 1.807) is 11.8 Å². The Morgan fingerprint density at radius 1 is 1.50 bits per heavy atom. The third-order valence-electron chi connectivity index (χ3n) is 2.37. The first-order chi connectivity index (χ1) is 7.59. The van der Waals surface area contributed by atoms with Gasteiger partial charge in [-0.2, -0.15) is 11.8 Å². The van der Waals surface area contributed by atoms with Crippen LogP contribution in [0.1, 0.15) is 50.2 Å². The normalized spacial score (nSPS) is 19.9. The number of Topliss-reactive ketones (excluding diaryl/α,β-unsaturated/α-hetero) is 1. The number of ketones is 1. The third-order valence-corrected chi connectivity index (χ3v) is 5.18. The quantitative estimate of drug-likeness (QED) is 0.843. The van der Waals surface area contributed by atoms with E-state index in [-0.39, 0.29) is 21.6 Å². The second-order valence-corrected chi connectivity index (χ2v) is 5.93. The summed E-state index contributed by atoms with van der Waals surface area (Å²) in [4.78, 5) is 26.6. The molecule has 1 aromatic rings. The van der Waals surface area contributed by atoms with Crippen molar-refractivity contribution >= 4 is 34.9 Å². The van der Waals surface area contributed by atoms with Crippen molar-refractivity contribution in [2.45, 2.75) is 25.0 Å². The summed E-state index contributed by atoms with van der Waals surface area (Å²) in [5.41, 5.74) is -0.0833. The molecular weight excluding hydrogens is 246 g/mol. The topological polar surface area (TPSA) is 67.3 Å². The van der Waals surface area contributed by atoms with Crippen LogP contribution in [-0.2, 0) is 0 Å². The Bertz CT molecular complexity index is 404. The van der Waals surface area contributed by atoms with Crippen LogP contribution in [0.2, 0.25) is 0 Å². The Balaban J connectivity index is 2.37. The number of carbonyl (C=O) groups is 2. The summed E-state index contributed by atoms with van der Waals surface area (Å²) >= 11 is 3.02. The maximum atomic E-state index is 11.3. The van der Waals surface area contributed by atoms with Crippen molar-refractivity contribution in [2.24, 2.45) is 0 Å². The first-order valence-electron chi connectivity index (χ1n) is 4.96. The Kier molecular flexibility index (Phi) is 3.30. The lowest BCUT2D eigenvalue weighted by molar-refractivity contribution is 0.0687. The molecule has 1 N–H and O–H groups in total. The highest BCUT2D eigenvalue weighted by atomic mass is 32.2.